The molecule has 0 amide bonds. The van der Waals surface area contributed by atoms with Gasteiger partial charge in [-0.2, -0.15) is 0 Å². The van der Waals surface area contributed by atoms with E-state index in [-0.39, 0.29) is 14.8 Å². The highest BCUT2D eigenvalue weighted by atomic mass is 35.5. The van der Waals surface area contributed by atoms with Crippen LogP contribution in [0.25, 0.3) is 0 Å². The summed E-state index contributed by atoms with van der Waals surface area (Å²) in [7, 11) is -3.68. The van der Waals surface area contributed by atoms with E-state index in [0.29, 0.717) is 4.34 Å². The smallest absolute Gasteiger partial charge is 0.185 e. The summed E-state index contributed by atoms with van der Waals surface area (Å²) in [5.74, 6) is -1.18. The van der Waals surface area contributed by atoms with Crippen molar-refractivity contribution in [3.63, 3.8) is 0 Å². The first-order valence-corrected chi connectivity index (χ1v) is 8.79. The van der Waals surface area contributed by atoms with Gasteiger partial charge in [0.1, 0.15) is 10.1 Å². The Morgan fingerprint density at radius 3 is 2.50 bits per heavy atom. The number of ketones is 1. The maximum Gasteiger partial charge on any atom is 0.185 e. The minimum atomic E-state index is -3.68. The SMILES string of the molecule is Cc1cccc(S(=O)(=O)CC(=O)c2cc(Cl)sc2Cl)c1. The van der Waals surface area contributed by atoms with Crippen LogP contribution in [-0.4, -0.2) is 20.0 Å². The molecule has 0 N–H and O–H groups in total. The quantitative estimate of drug-likeness (QED) is 0.784. The van der Waals surface area contributed by atoms with Crippen LogP contribution in [0.5, 0.6) is 0 Å². The number of halogens is 2. The molecule has 0 aliphatic rings. The van der Waals surface area contributed by atoms with Crippen LogP contribution >= 0.6 is 34.5 Å². The van der Waals surface area contributed by atoms with E-state index in [1.165, 1.54) is 18.2 Å². The molecule has 0 unspecified atom stereocenters. The molecule has 3 nitrogen and oxygen atoms in total. The van der Waals surface area contributed by atoms with Gasteiger partial charge in [0.05, 0.1) is 9.23 Å². The fourth-order valence-corrected chi connectivity index (χ4v) is 4.49. The minimum absolute atomic E-state index is 0.128. The third-order valence-electron chi connectivity index (χ3n) is 2.63. The second kappa shape index (κ2) is 5.85. The molecule has 0 radical (unpaired) electrons. The molecule has 0 saturated carbocycles. The lowest BCUT2D eigenvalue weighted by Crippen LogP contribution is -2.16. The zero-order valence-electron chi connectivity index (χ0n) is 10.4. The van der Waals surface area contributed by atoms with E-state index in [4.69, 9.17) is 23.2 Å². The van der Waals surface area contributed by atoms with Gasteiger partial charge in [-0.3, -0.25) is 4.79 Å². The minimum Gasteiger partial charge on any atom is -0.293 e. The van der Waals surface area contributed by atoms with E-state index in [2.05, 4.69) is 0 Å². The number of aryl methyl sites for hydroxylation is 1. The number of carbonyl (C=O) groups excluding carboxylic acids is 1. The molecule has 20 heavy (non-hydrogen) atoms. The fraction of sp³-hybridized carbons (Fsp3) is 0.154. The molecule has 0 aliphatic carbocycles. The number of carbonyl (C=O) groups is 1. The number of rotatable bonds is 4. The van der Waals surface area contributed by atoms with Crippen LogP contribution in [0.2, 0.25) is 8.67 Å². The van der Waals surface area contributed by atoms with Gasteiger partial charge in [0, 0.05) is 5.56 Å². The summed E-state index contributed by atoms with van der Waals surface area (Å²) in [6, 6.07) is 7.82. The van der Waals surface area contributed by atoms with Crippen LogP contribution in [0.15, 0.2) is 35.2 Å². The number of Topliss-reactive ketones (excluding diaryl/α,β-unsaturated/α-hetero) is 1. The lowest BCUT2D eigenvalue weighted by atomic mass is 10.2. The van der Waals surface area contributed by atoms with E-state index in [1.54, 1.807) is 19.1 Å². The van der Waals surface area contributed by atoms with Crippen molar-refractivity contribution in [2.45, 2.75) is 11.8 Å². The van der Waals surface area contributed by atoms with Gasteiger partial charge in [-0.1, -0.05) is 35.3 Å². The molecule has 1 heterocycles. The highest BCUT2D eigenvalue weighted by molar-refractivity contribution is 7.92. The van der Waals surface area contributed by atoms with E-state index < -0.39 is 21.4 Å². The summed E-state index contributed by atoms with van der Waals surface area (Å²) < 4.78 is 24.9. The van der Waals surface area contributed by atoms with Crippen molar-refractivity contribution in [3.8, 4) is 0 Å². The van der Waals surface area contributed by atoms with Gasteiger partial charge >= 0.3 is 0 Å². The molecule has 106 valence electrons. The standard InChI is InChI=1S/C13H10Cl2O3S2/c1-8-3-2-4-9(5-8)20(17,18)7-11(16)10-6-12(14)19-13(10)15/h2-6H,7H2,1H3. The average molecular weight is 349 g/mol. The molecule has 1 aromatic heterocycles. The van der Waals surface area contributed by atoms with Crippen molar-refractivity contribution in [2.24, 2.45) is 0 Å². The van der Waals surface area contributed by atoms with Crippen molar-refractivity contribution < 1.29 is 13.2 Å². The van der Waals surface area contributed by atoms with Gasteiger partial charge in [0.25, 0.3) is 0 Å². The number of thiophene rings is 1. The van der Waals surface area contributed by atoms with E-state index in [9.17, 15) is 13.2 Å². The maximum absolute atomic E-state index is 12.2. The molecule has 2 aromatic rings. The topological polar surface area (TPSA) is 51.2 Å². The predicted octanol–water partition coefficient (Wildman–Crippen LogP) is 4.02. The number of benzene rings is 1. The zero-order chi connectivity index (χ0) is 14.9. The third kappa shape index (κ3) is 3.41. The maximum atomic E-state index is 12.2. The summed E-state index contributed by atoms with van der Waals surface area (Å²) >= 11 is 12.6. The Morgan fingerprint density at radius 1 is 1.25 bits per heavy atom. The molecule has 7 heteroatoms. The first-order valence-electron chi connectivity index (χ1n) is 5.57. The fourth-order valence-electron chi connectivity index (χ4n) is 1.67. The summed E-state index contributed by atoms with van der Waals surface area (Å²) in [6.07, 6.45) is 0. The average Bonchev–Trinajstić information content (AvgIpc) is 2.68. The van der Waals surface area contributed by atoms with E-state index >= 15 is 0 Å². The Bertz CT molecular complexity index is 764. The van der Waals surface area contributed by atoms with E-state index in [1.807, 2.05) is 0 Å². The molecular formula is C13H10Cl2O3S2. The van der Waals surface area contributed by atoms with Crippen molar-refractivity contribution in [1.29, 1.82) is 0 Å². The van der Waals surface area contributed by atoms with Crippen molar-refractivity contribution >= 4 is 50.2 Å². The van der Waals surface area contributed by atoms with Crippen LogP contribution < -0.4 is 0 Å². The van der Waals surface area contributed by atoms with Gasteiger partial charge in [-0.25, -0.2) is 8.42 Å². The first-order chi connectivity index (χ1) is 9.29. The van der Waals surface area contributed by atoms with Crippen molar-refractivity contribution in [1.82, 2.24) is 0 Å². The highest BCUT2D eigenvalue weighted by Crippen LogP contribution is 2.31. The van der Waals surface area contributed by atoms with Crippen LogP contribution in [0.4, 0.5) is 0 Å². The number of sulfone groups is 1. The number of hydrogen-bond donors (Lipinski definition) is 0. The highest BCUT2D eigenvalue weighted by Gasteiger charge is 2.23. The van der Waals surface area contributed by atoms with Crippen LogP contribution in [0.3, 0.4) is 0 Å². The first kappa shape index (κ1) is 15.5. The Kier molecular flexibility index (Phi) is 4.54. The zero-order valence-corrected chi connectivity index (χ0v) is 13.5. The Balaban J connectivity index is 2.29. The molecule has 0 spiro atoms. The molecule has 1 aromatic carbocycles. The lowest BCUT2D eigenvalue weighted by molar-refractivity contribution is 0.102. The van der Waals surface area contributed by atoms with Gasteiger partial charge in [-0.05, 0) is 30.7 Å². The summed E-state index contributed by atoms with van der Waals surface area (Å²) in [5, 5.41) is 0. The molecule has 2 rings (SSSR count). The van der Waals surface area contributed by atoms with Crippen molar-refractivity contribution in [2.75, 3.05) is 5.75 Å². The second-order valence-electron chi connectivity index (χ2n) is 4.24. The second-order valence-corrected chi connectivity index (χ2v) is 8.51. The number of hydrogen-bond acceptors (Lipinski definition) is 4. The Hall–Kier alpha value is -0.880. The summed E-state index contributed by atoms with van der Waals surface area (Å²) in [6.45, 7) is 1.79. The van der Waals surface area contributed by atoms with E-state index in [0.717, 1.165) is 16.9 Å². The van der Waals surface area contributed by atoms with Gasteiger partial charge in [0.2, 0.25) is 0 Å². The molecular weight excluding hydrogens is 339 g/mol. The largest absolute Gasteiger partial charge is 0.293 e. The molecule has 0 saturated heterocycles. The molecule has 0 fully saturated rings. The normalized spacial score (nSPS) is 11.6. The van der Waals surface area contributed by atoms with Crippen LogP contribution in [0, 0.1) is 6.92 Å². The summed E-state index contributed by atoms with van der Waals surface area (Å²) in [4.78, 5) is 12.2. The molecule has 0 aliphatic heterocycles. The van der Waals surface area contributed by atoms with Crippen LogP contribution in [-0.2, 0) is 9.84 Å². The lowest BCUT2D eigenvalue weighted by Gasteiger charge is -2.04. The summed E-state index contributed by atoms with van der Waals surface area (Å²) in [5.41, 5.74) is 0.966. The van der Waals surface area contributed by atoms with Crippen LogP contribution in [0.1, 0.15) is 15.9 Å². The van der Waals surface area contributed by atoms with Gasteiger partial charge in [-0.15, -0.1) is 11.3 Å². The van der Waals surface area contributed by atoms with Gasteiger partial charge < -0.3 is 0 Å². The molecule has 0 bridgehead atoms. The Morgan fingerprint density at radius 2 is 1.95 bits per heavy atom. The monoisotopic (exact) mass is 348 g/mol. The molecule has 0 atom stereocenters. The van der Waals surface area contributed by atoms with Gasteiger partial charge in [0.15, 0.2) is 15.6 Å². The Labute approximate surface area is 131 Å². The third-order valence-corrected chi connectivity index (χ3v) is 5.73. The predicted molar refractivity (Wildman–Crippen MR) is 81.9 cm³/mol. The van der Waals surface area contributed by atoms with Crippen molar-refractivity contribution in [3.05, 3.63) is 50.1 Å².